The fraction of sp³-hybridized carbons (Fsp3) is 0.100. The van der Waals surface area contributed by atoms with Crippen LogP contribution in [0.3, 0.4) is 0 Å². The Balaban J connectivity index is 1.48. The van der Waals surface area contributed by atoms with Crippen LogP contribution in [0.5, 0.6) is 23.0 Å². The molecule has 0 unspecified atom stereocenters. The fourth-order valence-corrected chi connectivity index (χ4v) is 4.18. The van der Waals surface area contributed by atoms with E-state index in [1.54, 1.807) is 97.1 Å². The van der Waals surface area contributed by atoms with E-state index in [2.05, 4.69) is 4.98 Å². The van der Waals surface area contributed by atoms with Gasteiger partial charge < -0.3 is 9.47 Å². The van der Waals surface area contributed by atoms with Crippen molar-refractivity contribution in [2.45, 2.75) is 19.8 Å². The first-order chi connectivity index (χ1) is 18.8. The summed E-state index contributed by atoms with van der Waals surface area (Å²) in [5.74, 6) is 2.54. The molecule has 0 radical (unpaired) electrons. The molecule has 0 amide bonds. The number of hydrogen-bond acceptors (Lipinski definition) is 5. The first kappa shape index (κ1) is 26.3. The second-order valence-electron chi connectivity index (χ2n) is 8.96. The van der Waals surface area contributed by atoms with Gasteiger partial charge in [-0.05, 0) is 97.1 Å². The van der Waals surface area contributed by atoms with Gasteiger partial charge in [-0.2, -0.15) is 4.98 Å². The average molecular weight is 560 g/mol. The Labute approximate surface area is 234 Å². The molecule has 4 aromatic carbocycles. The van der Waals surface area contributed by atoms with Crippen molar-refractivity contribution in [1.82, 2.24) is 14.1 Å². The van der Waals surface area contributed by atoms with E-state index in [1.165, 1.54) is 4.57 Å². The lowest BCUT2D eigenvalue weighted by atomic mass is 10.2. The minimum atomic E-state index is -0.658. The summed E-state index contributed by atoms with van der Waals surface area (Å²) in [6.45, 7) is 3.76. The molecule has 0 saturated heterocycles. The molecule has 7 nitrogen and oxygen atoms in total. The summed E-state index contributed by atoms with van der Waals surface area (Å²) < 4.78 is 14.2. The molecule has 196 valence electrons. The number of ether oxygens (including phenoxy) is 2. The molecule has 0 saturated carbocycles. The zero-order valence-corrected chi connectivity index (χ0v) is 22.6. The van der Waals surface area contributed by atoms with Gasteiger partial charge in [-0.1, -0.05) is 37.0 Å². The minimum absolute atomic E-state index is 0.180. The van der Waals surface area contributed by atoms with Gasteiger partial charge in [0.1, 0.15) is 28.8 Å². The maximum Gasteiger partial charge on any atom is 0.358 e. The summed E-state index contributed by atoms with van der Waals surface area (Å²) in [7, 11) is 0. The van der Waals surface area contributed by atoms with Crippen molar-refractivity contribution < 1.29 is 9.47 Å². The third-order valence-corrected chi connectivity index (χ3v) is 6.32. The first-order valence-corrected chi connectivity index (χ1v) is 12.9. The molecule has 0 aliphatic heterocycles. The summed E-state index contributed by atoms with van der Waals surface area (Å²) in [5.41, 5.74) is -0.269. The molecule has 0 bridgehead atoms. The summed E-state index contributed by atoms with van der Waals surface area (Å²) in [4.78, 5) is 31.0. The van der Waals surface area contributed by atoms with Gasteiger partial charge in [0.25, 0.3) is 0 Å². The lowest BCUT2D eigenvalue weighted by molar-refractivity contribution is 0.482. The van der Waals surface area contributed by atoms with Crippen molar-refractivity contribution in [3.63, 3.8) is 0 Å². The zero-order chi connectivity index (χ0) is 27.5. The maximum atomic E-state index is 13.7. The molecule has 0 aliphatic carbocycles. The zero-order valence-electron chi connectivity index (χ0n) is 21.0. The van der Waals surface area contributed by atoms with Crippen LogP contribution >= 0.6 is 23.2 Å². The third-order valence-electron chi connectivity index (χ3n) is 5.82. The predicted octanol–water partition coefficient (Wildman–Crippen LogP) is 7.40. The number of hydrogen-bond donors (Lipinski definition) is 0. The van der Waals surface area contributed by atoms with E-state index in [9.17, 15) is 9.59 Å². The standard InChI is InChI=1S/C30H23Cl2N3O4/c1-19(2)28-33-29(36)35(23-9-17-27(18-10-23)39-25-13-5-21(32)6-14-25)30(37)34(28)22-7-15-26(16-8-22)38-24-11-3-20(31)4-12-24/h3-19H,1-2H3. The van der Waals surface area contributed by atoms with Crippen LogP contribution in [0.25, 0.3) is 11.4 Å². The summed E-state index contributed by atoms with van der Waals surface area (Å²) in [6.07, 6.45) is 0. The molecular formula is C30H23Cl2N3O4. The van der Waals surface area contributed by atoms with E-state index in [0.29, 0.717) is 50.2 Å². The monoisotopic (exact) mass is 559 g/mol. The summed E-state index contributed by atoms with van der Waals surface area (Å²) in [5, 5.41) is 1.22. The number of benzene rings is 4. The van der Waals surface area contributed by atoms with Crippen LogP contribution in [-0.4, -0.2) is 14.1 Å². The fourth-order valence-electron chi connectivity index (χ4n) is 3.93. The summed E-state index contributed by atoms with van der Waals surface area (Å²) >= 11 is 11.9. The van der Waals surface area contributed by atoms with E-state index in [4.69, 9.17) is 32.7 Å². The van der Waals surface area contributed by atoms with Crippen LogP contribution in [0.1, 0.15) is 25.6 Å². The Bertz CT molecular complexity index is 1710. The molecule has 1 heterocycles. The molecule has 0 fully saturated rings. The smallest absolute Gasteiger partial charge is 0.358 e. The Hall–Kier alpha value is -4.33. The number of nitrogens with zero attached hydrogens (tertiary/aromatic N) is 3. The second-order valence-corrected chi connectivity index (χ2v) is 9.83. The Morgan fingerprint density at radius 2 is 0.949 bits per heavy atom. The highest BCUT2D eigenvalue weighted by Crippen LogP contribution is 2.26. The van der Waals surface area contributed by atoms with Crippen LogP contribution in [0.15, 0.2) is 107 Å². The van der Waals surface area contributed by atoms with Crippen molar-refractivity contribution in [3.05, 3.63) is 134 Å². The van der Waals surface area contributed by atoms with Gasteiger partial charge in [0.15, 0.2) is 0 Å². The topological polar surface area (TPSA) is 75.4 Å². The predicted molar refractivity (Wildman–Crippen MR) is 153 cm³/mol. The van der Waals surface area contributed by atoms with Gasteiger partial charge >= 0.3 is 11.4 Å². The number of aromatic nitrogens is 3. The number of halogens is 2. The van der Waals surface area contributed by atoms with E-state index in [-0.39, 0.29) is 5.92 Å². The van der Waals surface area contributed by atoms with E-state index in [0.717, 1.165) is 4.57 Å². The minimum Gasteiger partial charge on any atom is -0.457 e. The van der Waals surface area contributed by atoms with Crippen LogP contribution < -0.4 is 20.9 Å². The highest BCUT2D eigenvalue weighted by Gasteiger charge is 2.18. The molecule has 1 aromatic heterocycles. The molecule has 5 rings (SSSR count). The molecule has 9 heteroatoms. The molecule has 39 heavy (non-hydrogen) atoms. The van der Waals surface area contributed by atoms with Crippen molar-refractivity contribution in [2.75, 3.05) is 0 Å². The van der Waals surface area contributed by atoms with Gasteiger partial charge in [-0.25, -0.2) is 18.7 Å². The van der Waals surface area contributed by atoms with Gasteiger partial charge in [-0.15, -0.1) is 0 Å². The van der Waals surface area contributed by atoms with Crippen molar-refractivity contribution in [3.8, 4) is 34.4 Å². The van der Waals surface area contributed by atoms with Gasteiger partial charge in [0.05, 0.1) is 11.4 Å². The SMILES string of the molecule is CC(C)c1nc(=O)n(-c2ccc(Oc3ccc(Cl)cc3)cc2)c(=O)n1-c1ccc(Oc2ccc(Cl)cc2)cc1. The summed E-state index contributed by atoms with van der Waals surface area (Å²) in [6, 6.07) is 27.6. The molecule has 0 spiro atoms. The second kappa shape index (κ2) is 11.2. The molecule has 0 atom stereocenters. The van der Waals surface area contributed by atoms with Crippen LogP contribution in [0.2, 0.25) is 10.0 Å². The van der Waals surface area contributed by atoms with Crippen molar-refractivity contribution >= 4 is 23.2 Å². The largest absolute Gasteiger partial charge is 0.457 e. The van der Waals surface area contributed by atoms with Crippen molar-refractivity contribution in [1.29, 1.82) is 0 Å². The van der Waals surface area contributed by atoms with E-state index in [1.807, 2.05) is 13.8 Å². The van der Waals surface area contributed by atoms with Crippen molar-refractivity contribution in [2.24, 2.45) is 0 Å². The van der Waals surface area contributed by atoms with Crippen LogP contribution in [0, 0.1) is 0 Å². The van der Waals surface area contributed by atoms with Gasteiger partial charge in [0.2, 0.25) is 0 Å². The van der Waals surface area contributed by atoms with E-state index < -0.39 is 11.4 Å². The first-order valence-electron chi connectivity index (χ1n) is 12.1. The van der Waals surface area contributed by atoms with Crippen LogP contribution in [-0.2, 0) is 0 Å². The van der Waals surface area contributed by atoms with E-state index >= 15 is 0 Å². The lowest BCUT2D eigenvalue weighted by Gasteiger charge is -2.17. The van der Waals surface area contributed by atoms with Gasteiger partial charge in [-0.3, -0.25) is 0 Å². The third kappa shape index (κ3) is 5.90. The average Bonchev–Trinajstić information content (AvgIpc) is 2.92. The maximum absolute atomic E-state index is 13.7. The normalized spacial score (nSPS) is 11.0. The molecular weight excluding hydrogens is 537 g/mol. The highest BCUT2D eigenvalue weighted by molar-refractivity contribution is 6.30. The Morgan fingerprint density at radius 3 is 1.33 bits per heavy atom. The molecule has 0 aliphatic rings. The molecule has 0 N–H and O–H groups in total. The van der Waals surface area contributed by atoms with Crippen LogP contribution in [0.4, 0.5) is 0 Å². The quantitative estimate of drug-likeness (QED) is 0.207. The number of rotatable bonds is 7. The Kier molecular flexibility index (Phi) is 7.54. The highest BCUT2D eigenvalue weighted by atomic mass is 35.5. The molecule has 5 aromatic rings. The van der Waals surface area contributed by atoms with Gasteiger partial charge in [0, 0.05) is 16.0 Å². The lowest BCUT2D eigenvalue weighted by Crippen LogP contribution is -2.42. The Morgan fingerprint density at radius 1 is 0.590 bits per heavy atom.